The van der Waals surface area contributed by atoms with E-state index in [1.54, 1.807) is 42.1 Å². The third-order valence-electron chi connectivity index (χ3n) is 4.72. The summed E-state index contributed by atoms with van der Waals surface area (Å²) in [5.74, 6) is 0.770. The lowest BCUT2D eigenvalue weighted by Crippen LogP contribution is -2.44. The molecule has 3 heterocycles. The highest BCUT2D eigenvalue weighted by Crippen LogP contribution is 2.35. The number of hydrogen-bond acceptors (Lipinski definition) is 6. The van der Waals surface area contributed by atoms with Crippen LogP contribution in [-0.2, 0) is 16.6 Å². The van der Waals surface area contributed by atoms with E-state index in [2.05, 4.69) is 28.8 Å². The smallest absolute Gasteiger partial charge is 0.257 e. The van der Waals surface area contributed by atoms with E-state index in [0.717, 1.165) is 40.5 Å². The summed E-state index contributed by atoms with van der Waals surface area (Å²) >= 11 is 1.67. The molecular weight excluding hydrogens is 382 g/mol. The summed E-state index contributed by atoms with van der Waals surface area (Å²) in [7, 11) is -0.213. The Hall–Kier alpha value is -1.42. The van der Waals surface area contributed by atoms with Crippen molar-refractivity contribution in [2.24, 2.45) is 5.92 Å². The maximum Gasteiger partial charge on any atom is 0.281 e. The number of aromatic nitrogens is 3. The molecule has 0 aromatic carbocycles. The Morgan fingerprint density at radius 1 is 1.19 bits per heavy atom. The fraction of sp³-hybridized carbons (Fsp3) is 0.611. The highest BCUT2D eigenvalue weighted by molar-refractivity contribution is 7.86. The topological polar surface area (TPSA) is 79.3 Å². The zero-order chi connectivity index (χ0) is 19.6. The Kier molecular flexibility index (Phi) is 6.25. The molecule has 0 unspecified atom stereocenters. The highest BCUT2D eigenvalue weighted by Gasteiger charge is 2.32. The Labute approximate surface area is 165 Å². The van der Waals surface area contributed by atoms with Gasteiger partial charge in [-0.15, -0.1) is 11.3 Å². The van der Waals surface area contributed by atoms with E-state index in [-0.39, 0.29) is 5.92 Å². The van der Waals surface area contributed by atoms with Crippen LogP contribution in [0.25, 0.3) is 10.6 Å². The monoisotopic (exact) mass is 409 g/mol. The van der Waals surface area contributed by atoms with Crippen LogP contribution in [0.1, 0.15) is 43.3 Å². The number of piperidine rings is 1. The largest absolute Gasteiger partial charge is 0.281 e. The van der Waals surface area contributed by atoms with Crippen LogP contribution in [0.3, 0.4) is 0 Å². The molecule has 0 aliphatic carbocycles. The molecule has 0 atom stereocenters. The zero-order valence-corrected chi connectivity index (χ0v) is 17.9. The van der Waals surface area contributed by atoms with E-state index in [0.29, 0.717) is 19.0 Å². The second-order valence-electron chi connectivity index (χ2n) is 7.47. The van der Waals surface area contributed by atoms with Gasteiger partial charge in [-0.1, -0.05) is 13.8 Å². The molecule has 1 aliphatic rings. The molecule has 2 aromatic heterocycles. The second kappa shape index (κ2) is 8.30. The van der Waals surface area contributed by atoms with E-state index < -0.39 is 10.2 Å². The molecule has 0 amide bonds. The summed E-state index contributed by atoms with van der Waals surface area (Å²) in [6.45, 7) is 5.37. The van der Waals surface area contributed by atoms with Crippen molar-refractivity contribution in [1.82, 2.24) is 23.6 Å². The van der Waals surface area contributed by atoms with Crippen molar-refractivity contribution in [1.29, 1.82) is 0 Å². The standard InChI is InChI=1S/C18H27N5O2S2/c1-13(2)11-16-21-12-15(26-16)18-17(19-7-8-20-18)14-5-9-23(10-6-14)27(24,25)22(3)4/h7-8,12-14H,5-6,9-11H2,1-4H3. The van der Waals surface area contributed by atoms with Crippen LogP contribution in [0, 0.1) is 5.92 Å². The van der Waals surface area contributed by atoms with Crippen molar-refractivity contribution in [2.75, 3.05) is 27.2 Å². The average Bonchev–Trinajstić information content (AvgIpc) is 3.09. The lowest BCUT2D eigenvalue weighted by atomic mass is 9.92. The van der Waals surface area contributed by atoms with E-state index in [4.69, 9.17) is 0 Å². The molecule has 1 saturated heterocycles. The first-order chi connectivity index (χ1) is 12.8. The second-order valence-corrected chi connectivity index (χ2v) is 10.7. The lowest BCUT2D eigenvalue weighted by molar-refractivity contribution is 0.300. The van der Waals surface area contributed by atoms with Gasteiger partial charge in [0.25, 0.3) is 10.2 Å². The minimum atomic E-state index is -3.35. The van der Waals surface area contributed by atoms with Gasteiger partial charge in [-0.3, -0.25) is 9.97 Å². The van der Waals surface area contributed by atoms with E-state index in [9.17, 15) is 8.42 Å². The summed E-state index contributed by atoms with van der Waals surface area (Å²) < 4.78 is 27.5. The summed E-state index contributed by atoms with van der Waals surface area (Å²) in [6, 6.07) is 0. The third kappa shape index (κ3) is 4.53. The van der Waals surface area contributed by atoms with Gasteiger partial charge < -0.3 is 0 Å². The molecule has 0 radical (unpaired) electrons. The number of rotatable bonds is 6. The molecule has 1 aliphatic heterocycles. The Morgan fingerprint density at radius 2 is 1.85 bits per heavy atom. The summed E-state index contributed by atoms with van der Waals surface area (Å²) in [5.41, 5.74) is 1.85. The quantitative estimate of drug-likeness (QED) is 0.733. The Bertz CT molecular complexity index is 871. The maximum absolute atomic E-state index is 12.3. The van der Waals surface area contributed by atoms with Crippen molar-refractivity contribution in [3.8, 4) is 10.6 Å². The van der Waals surface area contributed by atoms with Crippen molar-refractivity contribution in [3.05, 3.63) is 29.3 Å². The molecule has 1 fully saturated rings. The van der Waals surface area contributed by atoms with Crippen molar-refractivity contribution < 1.29 is 8.42 Å². The minimum absolute atomic E-state index is 0.206. The van der Waals surface area contributed by atoms with Crippen LogP contribution < -0.4 is 0 Å². The van der Waals surface area contributed by atoms with Crippen LogP contribution >= 0.6 is 11.3 Å². The van der Waals surface area contributed by atoms with Gasteiger partial charge in [-0.05, 0) is 18.8 Å². The molecule has 7 nitrogen and oxygen atoms in total. The van der Waals surface area contributed by atoms with Gasteiger partial charge in [0, 0.05) is 58.1 Å². The first-order valence-electron chi connectivity index (χ1n) is 9.22. The predicted molar refractivity (Wildman–Crippen MR) is 108 cm³/mol. The first kappa shape index (κ1) is 20.3. The summed E-state index contributed by atoms with van der Waals surface area (Å²) in [4.78, 5) is 14.8. The third-order valence-corrected chi connectivity index (χ3v) is 7.69. The predicted octanol–water partition coefficient (Wildman–Crippen LogP) is 2.78. The molecule has 3 rings (SSSR count). The van der Waals surface area contributed by atoms with Crippen molar-refractivity contribution in [3.63, 3.8) is 0 Å². The van der Waals surface area contributed by atoms with E-state index in [1.165, 1.54) is 4.31 Å². The zero-order valence-electron chi connectivity index (χ0n) is 16.3. The average molecular weight is 410 g/mol. The van der Waals surface area contributed by atoms with Gasteiger partial charge >= 0.3 is 0 Å². The summed E-state index contributed by atoms with van der Waals surface area (Å²) in [5, 5.41) is 1.11. The lowest BCUT2D eigenvalue weighted by Gasteiger charge is -2.32. The highest BCUT2D eigenvalue weighted by atomic mass is 32.2. The Balaban J connectivity index is 1.79. The first-order valence-corrected chi connectivity index (χ1v) is 11.4. The van der Waals surface area contributed by atoms with Crippen molar-refractivity contribution in [2.45, 2.75) is 39.0 Å². The van der Waals surface area contributed by atoms with E-state index >= 15 is 0 Å². The van der Waals surface area contributed by atoms with Crippen LogP contribution in [0.5, 0.6) is 0 Å². The molecule has 0 bridgehead atoms. The van der Waals surface area contributed by atoms with E-state index in [1.807, 2.05) is 6.20 Å². The van der Waals surface area contributed by atoms with Gasteiger partial charge in [0.2, 0.25) is 0 Å². The molecule has 27 heavy (non-hydrogen) atoms. The Morgan fingerprint density at radius 3 is 2.48 bits per heavy atom. The van der Waals surface area contributed by atoms with Crippen LogP contribution in [-0.4, -0.2) is 59.2 Å². The molecular formula is C18H27N5O2S2. The fourth-order valence-electron chi connectivity index (χ4n) is 3.29. The molecule has 0 spiro atoms. The summed E-state index contributed by atoms with van der Waals surface area (Å²) in [6.07, 6.45) is 7.78. The van der Waals surface area contributed by atoms with Crippen LogP contribution in [0.2, 0.25) is 0 Å². The number of hydrogen-bond donors (Lipinski definition) is 0. The van der Waals surface area contributed by atoms with Gasteiger partial charge in [0.05, 0.1) is 15.6 Å². The van der Waals surface area contributed by atoms with Gasteiger partial charge in [-0.2, -0.15) is 17.0 Å². The molecule has 0 saturated carbocycles. The van der Waals surface area contributed by atoms with Crippen molar-refractivity contribution >= 4 is 21.5 Å². The van der Waals surface area contributed by atoms with Crippen LogP contribution in [0.4, 0.5) is 0 Å². The SMILES string of the molecule is CC(C)Cc1ncc(-c2nccnc2C2CCN(S(=O)(=O)N(C)C)CC2)s1. The molecule has 9 heteroatoms. The van der Waals surface area contributed by atoms with Gasteiger partial charge in [0.1, 0.15) is 5.69 Å². The fourth-order valence-corrected chi connectivity index (χ4v) is 5.56. The van der Waals surface area contributed by atoms with Gasteiger partial charge in [-0.25, -0.2) is 4.98 Å². The number of nitrogens with zero attached hydrogens (tertiary/aromatic N) is 5. The van der Waals surface area contributed by atoms with Gasteiger partial charge in [0.15, 0.2) is 0 Å². The molecule has 2 aromatic rings. The van der Waals surface area contributed by atoms with Crippen LogP contribution in [0.15, 0.2) is 18.6 Å². The normalized spacial score (nSPS) is 17.1. The molecule has 148 valence electrons. The maximum atomic E-state index is 12.3. The number of thiazole rings is 1. The molecule has 0 N–H and O–H groups in total. The minimum Gasteiger partial charge on any atom is -0.257 e.